The first-order valence-corrected chi connectivity index (χ1v) is 7.58. The Morgan fingerprint density at radius 3 is 2.81 bits per heavy atom. The van der Waals surface area contributed by atoms with Gasteiger partial charge < -0.3 is 15.0 Å². The molecule has 1 amide bonds. The molecule has 0 radical (unpaired) electrons. The van der Waals surface area contributed by atoms with Gasteiger partial charge in [-0.15, -0.1) is 0 Å². The number of imidazole rings is 1. The molecule has 0 bridgehead atoms. The van der Waals surface area contributed by atoms with Crippen molar-refractivity contribution in [1.82, 2.24) is 14.9 Å². The van der Waals surface area contributed by atoms with Crippen LogP contribution in [0, 0.1) is 5.92 Å². The molecule has 1 aromatic heterocycles. The van der Waals surface area contributed by atoms with Gasteiger partial charge in [0.15, 0.2) is 0 Å². The second kappa shape index (κ2) is 6.26. The van der Waals surface area contributed by atoms with Crippen LogP contribution in [0.1, 0.15) is 25.1 Å². The molecule has 112 valence electrons. The van der Waals surface area contributed by atoms with Crippen LogP contribution >= 0.6 is 0 Å². The molecule has 1 aromatic carbocycles. The van der Waals surface area contributed by atoms with Crippen molar-refractivity contribution in [1.29, 1.82) is 0 Å². The maximum Gasteiger partial charge on any atom is 0.223 e. The third-order valence-corrected chi connectivity index (χ3v) is 4.24. The number of benzene rings is 1. The van der Waals surface area contributed by atoms with Crippen molar-refractivity contribution >= 4 is 16.9 Å². The van der Waals surface area contributed by atoms with Crippen molar-refractivity contribution in [2.45, 2.75) is 25.7 Å². The molecule has 1 aliphatic rings. The molecule has 3 rings (SSSR count). The zero-order chi connectivity index (χ0) is 14.7. The van der Waals surface area contributed by atoms with E-state index >= 15 is 0 Å². The van der Waals surface area contributed by atoms with E-state index in [4.69, 9.17) is 5.11 Å². The van der Waals surface area contributed by atoms with E-state index in [1.54, 1.807) is 0 Å². The fourth-order valence-corrected chi connectivity index (χ4v) is 2.87. The lowest BCUT2D eigenvalue weighted by molar-refractivity contribution is -0.132. The molecule has 5 nitrogen and oxygen atoms in total. The number of hydrogen-bond acceptors (Lipinski definition) is 3. The van der Waals surface area contributed by atoms with E-state index in [-0.39, 0.29) is 12.5 Å². The first kappa shape index (κ1) is 14.1. The smallest absolute Gasteiger partial charge is 0.223 e. The van der Waals surface area contributed by atoms with Crippen molar-refractivity contribution < 1.29 is 9.90 Å². The Labute approximate surface area is 124 Å². The van der Waals surface area contributed by atoms with Crippen molar-refractivity contribution in [3.05, 3.63) is 30.1 Å². The van der Waals surface area contributed by atoms with Crippen molar-refractivity contribution in [2.75, 3.05) is 19.7 Å². The maximum absolute atomic E-state index is 12.2. The molecule has 21 heavy (non-hydrogen) atoms. The molecular formula is C16H21N3O2. The number of para-hydroxylation sites is 2. The van der Waals surface area contributed by atoms with Crippen LogP contribution in [-0.4, -0.2) is 45.6 Å². The van der Waals surface area contributed by atoms with Crippen LogP contribution < -0.4 is 0 Å². The molecule has 2 aromatic rings. The standard InChI is InChI=1S/C16H21N3O2/c20-11-12-7-9-19(10-8-12)16(21)6-5-15-17-13-3-1-2-4-14(13)18-15/h1-4,12,20H,5-11H2,(H,17,18). The summed E-state index contributed by atoms with van der Waals surface area (Å²) in [5.41, 5.74) is 1.97. The molecule has 0 spiro atoms. The third-order valence-electron chi connectivity index (χ3n) is 4.24. The van der Waals surface area contributed by atoms with Crippen LogP contribution in [0.15, 0.2) is 24.3 Å². The lowest BCUT2D eigenvalue weighted by atomic mass is 9.97. The molecule has 5 heteroatoms. The number of aliphatic hydroxyl groups is 1. The number of aliphatic hydroxyl groups excluding tert-OH is 1. The van der Waals surface area contributed by atoms with E-state index in [2.05, 4.69) is 9.97 Å². The molecule has 0 atom stereocenters. The summed E-state index contributed by atoms with van der Waals surface area (Å²) in [5, 5.41) is 9.12. The van der Waals surface area contributed by atoms with Crippen molar-refractivity contribution in [2.24, 2.45) is 5.92 Å². The number of nitrogens with one attached hydrogen (secondary N) is 1. The monoisotopic (exact) mass is 287 g/mol. The minimum atomic E-state index is 0.187. The quantitative estimate of drug-likeness (QED) is 0.899. The van der Waals surface area contributed by atoms with Crippen LogP contribution in [0.2, 0.25) is 0 Å². The van der Waals surface area contributed by atoms with E-state index in [9.17, 15) is 4.79 Å². The topological polar surface area (TPSA) is 69.2 Å². The van der Waals surface area contributed by atoms with Crippen LogP contribution in [0.25, 0.3) is 11.0 Å². The Hall–Kier alpha value is -1.88. The average Bonchev–Trinajstić information content (AvgIpc) is 2.95. The van der Waals surface area contributed by atoms with E-state index in [0.29, 0.717) is 18.8 Å². The van der Waals surface area contributed by atoms with Crippen molar-refractivity contribution in [3.8, 4) is 0 Å². The Bertz CT molecular complexity index is 582. The summed E-state index contributed by atoms with van der Waals surface area (Å²) < 4.78 is 0. The van der Waals surface area contributed by atoms with Gasteiger partial charge in [0.2, 0.25) is 5.91 Å². The Kier molecular flexibility index (Phi) is 4.20. The summed E-state index contributed by atoms with van der Waals surface area (Å²) in [6.07, 6.45) is 2.96. The average molecular weight is 287 g/mol. The van der Waals surface area contributed by atoms with Crippen LogP contribution in [0.3, 0.4) is 0 Å². The molecule has 0 saturated carbocycles. The Balaban J connectivity index is 1.54. The van der Waals surface area contributed by atoms with Gasteiger partial charge >= 0.3 is 0 Å². The number of carbonyl (C=O) groups excluding carboxylic acids is 1. The van der Waals surface area contributed by atoms with Gasteiger partial charge in [-0.2, -0.15) is 0 Å². The summed E-state index contributed by atoms with van der Waals surface area (Å²) >= 11 is 0. The molecule has 1 saturated heterocycles. The van der Waals surface area contributed by atoms with E-state index in [1.807, 2.05) is 29.2 Å². The predicted octanol–water partition coefficient (Wildman–Crippen LogP) is 1.73. The Morgan fingerprint density at radius 1 is 1.33 bits per heavy atom. The van der Waals surface area contributed by atoms with E-state index in [0.717, 1.165) is 42.8 Å². The second-order valence-electron chi connectivity index (χ2n) is 5.71. The molecule has 2 N–H and O–H groups in total. The highest BCUT2D eigenvalue weighted by Gasteiger charge is 2.22. The number of aromatic nitrogens is 2. The van der Waals surface area contributed by atoms with E-state index in [1.165, 1.54) is 0 Å². The first-order valence-electron chi connectivity index (χ1n) is 7.58. The van der Waals surface area contributed by atoms with Gasteiger partial charge in [-0.05, 0) is 30.9 Å². The molecule has 1 fully saturated rings. The van der Waals surface area contributed by atoms with E-state index < -0.39 is 0 Å². The van der Waals surface area contributed by atoms with Crippen LogP contribution in [0.5, 0.6) is 0 Å². The van der Waals surface area contributed by atoms with Gasteiger partial charge in [0, 0.05) is 32.5 Å². The molecule has 0 unspecified atom stereocenters. The zero-order valence-electron chi connectivity index (χ0n) is 12.1. The van der Waals surface area contributed by atoms with Gasteiger partial charge in [-0.3, -0.25) is 4.79 Å². The molecule has 0 aliphatic carbocycles. The highest BCUT2D eigenvalue weighted by Crippen LogP contribution is 2.18. The van der Waals surface area contributed by atoms with Crippen LogP contribution in [0.4, 0.5) is 0 Å². The molecular weight excluding hydrogens is 266 g/mol. The summed E-state index contributed by atoms with van der Waals surface area (Å²) in [7, 11) is 0. The number of likely N-dealkylation sites (tertiary alicyclic amines) is 1. The highest BCUT2D eigenvalue weighted by molar-refractivity contribution is 5.77. The fourth-order valence-electron chi connectivity index (χ4n) is 2.87. The SMILES string of the molecule is O=C(CCc1nc2ccccc2[nH]1)N1CCC(CO)CC1. The maximum atomic E-state index is 12.2. The predicted molar refractivity (Wildman–Crippen MR) is 80.8 cm³/mol. The number of H-pyrrole nitrogens is 1. The lowest BCUT2D eigenvalue weighted by Crippen LogP contribution is -2.39. The van der Waals surface area contributed by atoms with Gasteiger partial charge in [0.25, 0.3) is 0 Å². The number of rotatable bonds is 4. The number of aryl methyl sites for hydroxylation is 1. The zero-order valence-corrected chi connectivity index (χ0v) is 12.1. The van der Waals surface area contributed by atoms with Gasteiger partial charge in [-0.25, -0.2) is 4.98 Å². The first-order chi connectivity index (χ1) is 10.3. The summed E-state index contributed by atoms with van der Waals surface area (Å²) in [4.78, 5) is 21.9. The van der Waals surface area contributed by atoms with Crippen molar-refractivity contribution in [3.63, 3.8) is 0 Å². The van der Waals surface area contributed by atoms with Gasteiger partial charge in [0.05, 0.1) is 11.0 Å². The number of amides is 1. The number of nitrogens with zero attached hydrogens (tertiary/aromatic N) is 2. The number of aromatic amines is 1. The minimum absolute atomic E-state index is 0.187. The number of hydrogen-bond donors (Lipinski definition) is 2. The molecule has 1 aliphatic heterocycles. The lowest BCUT2D eigenvalue weighted by Gasteiger charge is -2.31. The number of piperidine rings is 1. The summed E-state index contributed by atoms with van der Waals surface area (Å²) in [5.74, 6) is 1.42. The van der Waals surface area contributed by atoms with Crippen LogP contribution in [-0.2, 0) is 11.2 Å². The molecule has 2 heterocycles. The minimum Gasteiger partial charge on any atom is -0.396 e. The fraction of sp³-hybridized carbons (Fsp3) is 0.500. The normalized spacial score (nSPS) is 16.5. The van der Waals surface area contributed by atoms with Gasteiger partial charge in [0.1, 0.15) is 5.82 Å². The third kappa shape index (κ3) is 3.24. The summed E-state index contributed by atoms with van der Waals surface area (Å²) in [6, 6.07) is 7.90. The Morgan fingerprint density at radius 2 is 2.10 bits per heavy atom. The summed E-state index contributed by atoms with van der Waals surface area (Å²) in [6.45, 7) is 1.77. The highest BCUT2D eigenvalue weighted by atomic mass is 16.3. The van der Waals surface area contributed by atoms with Gasteiger partial charge in [-0.1, -0.05) is 12.1 Å². The largest absolute Gasteiger partial charge is 0.396 e. The number of carbonyl (C=O) groups is 1. The number of fused-ring (bicyclic) bond motifs is 1. The second-order valence-corrected chi connectivity index (χ2v) is 5.71.